The summed E-state index contributed by atoms with van der Waals surface area (Å²) in [6.07, 6.45) is 0. The van der Waals surface area contributed by atoms with Crippen molar-refractivity contribution in [1.29, 1.82) is 0 Å². The first-order chi connectivity index (χ1) is 8.80. The predicted molar refractivity (Wildman–Crippen MR) is 78.5 cm³/mol. The molecule has 0 amide bonds. The molecule has 3 nitrogen and oxygen atoms in total. The molecule has 0 atom stereocenters. The number of hydrogen-bond donors (Lipinski definition) is 0. The fourth-order valence-electron chi connectivity index (χ4n) is 1.62. The van der Waals surface area contributed by atoms with Crippen LogP contribution in [0.25, 0.3) is 0 Å². The van der Waals surface area contributed by atoms with E-state index in [2.05, 4.69) is 9.59 Å². The zero-order valence-corrected chi connectivity index (χ0v) is 13.0. The lowest BCUT2D eigenvalue weighted by Gasteiger charge is -2.16. The lowest BCUT2D eigenvalue weighted by molar-refractivity contribution is 0.104. The summed E-state index contributed by atoms with van der Waals surface area (Å²) in [5, 5.41) is 4.91. The molecule has 0 aliphatic rings. The molecule has 0 aliphatic heterocycles. The summed E-state index contributed by atoms with van der Waals surface area (Å²) in [5.41, 5.74) is 0.813. The fraction of sp³-hybridized carbons (Fsp3) is 0.308. The second kappa shape index (κ2) is 5.19. The third kappa shape index (κ3) is 2.96. The van der Waals surface area contributed by atoms with Crippen LogP contribution in [0.1, 0.15) is 41.7 Å². The van der Waals surface area contributed by atoms with E-state index in [4.69, 9.17) is 23.2 Å². The third-order valence-corrected chi connectivity index (χ3v) is 3.87. The number of aromatic nitrogens is 2. The van der Waals surface area contributed by atoms with E-state index in [1.54, 1.807) is 18.2 Å². The van der Waals surface area contributed by atoms with Crippen LogP contribution < -0.4 is 0 Å². The number of halogens is 2. The highest BCUT2D eigenvalue weighted by Gasteiger charge is 2.27. The van der Waals surface area contributed by atoms with Gasteiger partial charge in [0.1, 0.15) is 4.88 Å². The Morgan fingerprint density at radius 2 is 1.95 bits per heavy atom. The predicted octanol–water partition coefficient (Wildman–Crippen LogP) is 4.37. The highest BCUT2D eigenvalue weighted by molar-refractivity contribution is 7.08. The normalized spacial score (nSPS) is 11.6. The molecule has 0 bridgehead atoms. The Kier molecular flexibility index (Phi) is 3.95. The molecule has 0 spiro atoms. The number of ketones is 1. The Labute approximate surface area is 125 Å². The summed E-state index contributed by atoms with van der Waals surface area (Å²) >= 11 is 13.1. The van der Waals surface area contributed by atoms with Crippen molar-refractivity contribution in [1.82, 2.24) is 9.59 Å². The van der Waals surface area contributed by atoms with E-state index in [9.17, 15) is 4.79 Å². The molecule has 2 aromatic rings. The van der Waals surface area contributed by atoms with Crippen LogP contribution in [0.5, 0.6) is 0 Å². The van der Waals surface area contributed by atoms with Crippen molar-refractivity contribution in [2.75, 3.05) is 0 Å². The molecule has 1 aromatic heterocycles. The van der Waals surface area contributed by atoms with Gasteiger partial charge >= 0.3 is 0 Å². The van der Waals surface area contributed by atoms with Crippen molar-refractivity contribution in [2.24, 2.45) is 0 Å². The first-order valence-electron chi connectivity index (χ1n) is 5.63. The third-order valence-electron chi connectivity index (χ3n) is 2.58. The minimum atomic E-state index is -0.247. The Morgan fingerprint density at radius 1 is 1.26 bits per heavy atom. The summed E-state index contributed by atoms with van der Waals surface area (Å²) in [5.74, 6) is -0.188. The van der Waals surface area contributed by atoms with Crippen molar-refractivity contribution in [3.05, 3.63) is 44.4 Å². The van der Waals surface area contributed by atoms with Gasteiger partial charge in [0.05, 0.1) is 10.7 Å². The van der Waals surface area contributed by atoms with Crippen LogP contribution in [0.4, 0.5) is 0 Å². The van der Waals surface area contributed by atoms with Gasteiger partial charge in [-0.3, -0.25) is 4.79 Å². The van der Waals surface area contributed by atoms with Crippen LogP contribution in [0.3, 0.4) is 0 Å². The zero-order chi connectivity index (χ0) is 14.2. The molecule has 0 N–H and O–H groups in total. The minimum Gasteiger partial charge on any atom is -0.288 e. The molecule has 1 heterocycles. The van der Waals surface area contributed by atoms with Gasteiger partial charge in [0.15, 0.2) is 0 Å². The van der Waals surface area contributed by atoms with Crippen molar-refractivity contribution >= 4 is 40.5 Å². The highest BCUT2D eigenvalue weighted by Crippen LogP contribution is 2.30. The maximum atomic E-state index is 12.5. The second-order valence-corrected chi connectivity index (χ2v) is 6.75. The van der Waals surface area contributed by atoms with Gasteiger partial charge in [-0.25, -0.2) is 0 Å². The smallest absolute Gasteiger partial charge is 0.208 e. The highest BCUT2D eigenvalue weighted by atomic mass is 35.5. The van der Waals surface area contributed by atoms with Gasteiger partial charge < -0.3 is 0 Å². The zero-order valence-electron chi connectivity index (χ0n) is 10.7. The van der Waals surface area contributed by atoms with Crippen LogP contribution in [-0.4, -0.2) is 15.4 Å². The number of benzene rings is 1. The van der Waals surface area contributed by atoms with E-state index in [0.717, 1.165) is 11.5 Å². The summed E-state index contributed by atoms with van der Waals surface area (Å²) in [7, 11) is 0. The molecule has 100 valence electrons. The van der Waals surface area contributed by atoms with Crippen molar-refractivity contribution < 1.29 is 4.79 Å². The Balaban J connectivity index is 2.51. The molecule has 1 aromatic carbocycles. The van der Waals surface area contributed by atoms with Crippen LogP contribution in [0, 0.1) is 0 Å². The van der Waals surface area contributed by atoms with Gasteiger partial charge in [0.2, 0.25) is 5.78 Å². The molecule has 0 unspecified atom stereocenters. The Hall–Kier alpha value is -0.970. The first-order valence-corrected chi connectivity index (χ1v) is 7.16. The molecule has 0 fully saturated rings. The van der Waals surface area contributed by atoms with Gasteiger partial charge in [0, 0.05) is 16.0 Å². The molecule has 0 aliphatic carbocycles. The van der Waals surface area contributed by atoms with Crippen LogP contribution in [0.2, 0.25) is 10.0 Å². The van der Waals surface area contributed by atoms with Gasteiger partial charge in [-0.15, -0.1) is 5.10 Å². The quantitative estimate of drug-likeness (QED) is 0.773. The average Bonchev–Trinajstić information content (AvgIpc) is 2.80. The van der Waals surface area contributed by atoms with Crippen molar-refractivity contribution in [3.8, 4) is 0 Å². The molecule has 0 saturated heterocycles. The maximum absolute atomic E-state index is 12.5. The molecular weight excluding hydrogens is 303 g/mol. The van der Waals surface area contributed by atoms with E-state index in [-0.39, 0.29) is 11.2 Å². The average molecular weight is 315 g/mol. The van der Waals surface area contributed by atoms with Gasteiger partial charge in [0.25, 0.3) is 0 Å². The van der Waals surface area contributed by atoms with E-state index >= 15 is 0 Å². The van der Waals surface area contributed by atoms with Crippen LogP contribution in [0.15, 0.2) is 18.2 Å². The summed E-state index contributed by atoms with van der Waals surface area (Å²) in [4.78, 5) is 13.0. The summed E-state index contributed by atoms with van der Waals surface area (Å²) in [6.45, 7) is 5.96. The van der Waals surface area contributed by atoms with E-state index in [1.807, 2.05) is 20.8 Å². The maximum Gasteiger partial charge on any atom is 0.208 e. The number of carbonyl (C=O) groups excluding carboxylic acids is 1. The Morgan fingerprint density at radius 3 is 2.58 bits per heavy atom. The summed E-state index contributed by atoms with van der Waals surface area (Å²) in [6, 6.07) is 4.83. The minimum absolute atomic E-state index is 0.188. The van der Waals surface area contributed by atoms with E-state index < -0.39 is 0 Å². The molecule has 6 heteroatoms. The number of rotatable bonds is 2. The molecular formula is C13H12Cl2N2OS. The van der Waals surface area contributed by atoms with Crippen LogP contribution >= 0.6 is 34.7 Å². The lowest BCUT2D eigenvalue weighted by atomic mass is 9.90. The lowest BCUT2D eigenvalue weighted by Crippen LogP contribution is -2.16. The standard InChI is InChI=1S/C13H12Cl2N2OS/c1-13(2,3)12-11(19-17-16-12)10(18)8-6-7(14)4-5-9(8)15/h4-6H,1-3H3. The Bertz CT molecular complexity index is 632. The number of carbonyl (C=O) groups is 1. The van der Waals surface area contributed by atoms with Crippen molar-refractivity contribution in [3.63, 3.8) is 0 Å². The SMILES string of the molecule is CC(C)(C)c1nnsc1C(=O)c1cc(Cl)ccc1Cl. The molecule has 0 saturated carbocycles. The van der Waals surface area contributed by atoms with E-state index in [0.29, 0.717) is 26.2 Å². The van der Waals surface area contributed by atoms with E-state index in [1.165, 1.54) is 0 Å². The topological polar surface area (TPSA) is 42.9 Å². The van der Waals surface area contributed by atoms with Crippen molar-refractivity contribution in [2.45, 2.75) is 26.2 Å². The van der Waals surface area contributed by atoms with Gasteiger partial charge in [-0.1, -0.05) is 48.5 Å². The number of hydrogen-bond acceptors (Lipinski definition) is 4. The van der Waals surface area contributed by atoms with Gasteiger partial charge in [-0.05, 0) is 29.7 Å². The molecule has 2 rings (SSSR count). The molecule has 19 heavy (non-hydrogen) atoms. The second-order valence-electron chi connectivity index (χ2n) is 5.15. The largest absolute Gasteiger partial charge is 0.288 e. The van der Waals surface area contributed by atoms with Crippen LogP contribution in [-0.2, 0) is 5.41 Å². The summed E-state index contributed by atoms with van der Waals surface area (Å²) < 4.78 is 3.88. The number of nitrogens with zero attached hydrogens (tertiary/aromatic N) is 2. The fourth-order valence-corrected chi connectivity index (χ4v) is 2.83. The molecule has 0 radical (unpaired) electrons. The van der Waals surface area contributed by atoms with Gasteiger partial charge in [-0.2, -0.15) is 0 Å². The first kappa shape index (κ1) is 14.4. The monoisotopic (exact) mass is 314 g/mol.